The van der Waals surface area contributed by atoms with Crippen LogP contribution in [0.15, 0.2) is 47.5 Å². The highest BCUT2D eigenvalue weighted by molar-refractivity contribution is 7.89. The van der Waals surface area contributed by atoms with Crippen LogP contribution >= 0.6 is 11.6 Å². The topological polar surface area (TPSA) is 85.1 Å². The number of nitrogens with zero attached hydrogens (tertiary/aromatic N) is 1. The van der Waals surface area contributed by atoms with Gasteiger partial charge >= 0.3 is 0 Å². The van der Waals surface area contributed by atoms with Crippen LogP contribution in [0.4, 0.5) is 5.82 Å². The van der Waals surface area contributed by atoms with E-state index in [4.69, 9.17) is 16.7 Å². The molecule has 0 atom stereocenters. The molecular weight excluding hydrogens is 298 g/mol. The second-order valence-corrected chi connectivity index (χ2v) is 6.23. The number of hydrogen-bond acceptors (Lipinski definition) is 4. The first-order chi connectivity index (χ1) is 9.45. The minimum Gasteiger partial charge on any atom is -0.370 e. The number of rotatable bonds is 5. The summed E-state index contributed by atoms with van der Waals surface area (Å²) in [5.74, 6) is 0.597. The van der Waals surface area contributed by atoms with E-state index < -0.39 is 10.0 Å². The summed E-state index contributed by atoms with van der Waals surface area (Å²) in [6.45, 7) is 0.669. The zero-order valence-corrected chi connectivity index (χ0v) is 12.2. The van der Waals surface area contributed by atoms with Crippen LogP contribution in [0.2, 0.25) is 5.02 Å². The first-order valence-electron chi connectivity index (χ1n) is 5.92. The Morgan fingerprint density at radius 1 is 1.25 bits per heavy atom. The third kappa shape index (κ3) is 4.19. The lowest BCUT2D eigenvalue weighted by molar-refractivity contribution is 0.597. The Kier molecular flexibility index (Phi) is 4.59. The first kappa shape index (κ1) is 14.8. The number of halogens is 1. The Hall–Kier alpha value is -1.63. The summed E-state index contributed by atoms with van der Waals surface area (Å²) in [6, 6.07) is 10.6. The molecule has 1 heterocycles. The second kappa shape index (κ2) is 6.21. The Bertz CT molecular complexity index is 687. The molecule has 0 saturated carbocycles. The van der Waals surface area contributed by atoms with Gasteiger partial charge in [0.2, 0.25) is 10.0 Å². The number of hydrogen-bond donors (Lipinski definition) is 2. The Labute approximate surface area is 122 Å². The van der Waals surface area contributed by atoms with Gasteiger partial charge in [0.05, 0.1) is 0 Å². The molecule has 2 aromatic rings. The van der Waals surface area contributed by atoms with Crippen molar-refractivity contribution >= 4 is 27.4 Å². The molecule has 5 nitrogen and oxygen atoms in total. The van der Waals surface area contributed by atoms with Gasteiger partial charge in [0.15, 0.2) is 0 Å². The second-order valence-electron chi connectivity index (χ2n) is 4.23. The standard InChI is InChI=1S/C13H14ClN3O2S/c14-11-3-1-2-10(8-11)6-7-16-13-5-4-12(9-17-13)20(15,18)19/h1-5,8-9H,6-7H2,(H,16,17)(H2,15,18,19). The van der Waals surface area contributed by atoms with Crippen molar-refractivity contribution in [2.75, 3.05) is 11.9 Å². The average molecular weight is 312 g/mol. The van der Waals surface area contributed by atoms with E-state index in [9.17, 15) is 8.42 Å². The van der Waals surface area contributed by atoms with E-state index in [1.165, 1.54) is 12.3 Å². The summed E-state index contributed by atoms with van der Waals surface area (Å²) >= 11 is 5.90. The number of nitrogens with one attached hydrogen (secondary N) is 1. The van der Waals surface area contributed by atoms with Gasteiger partial charge in [-0.2, -0.15) is 0 Å². The maximum atomic E-state index is 11.1. The van der Waals surface area contributed by atoms with E-state index >= 15 is 0 Å². The summed E-state index contributed by atoms with van der Waals surface area (Å²) in [5.41, 5.74) is 1.12. The molecule has 0 unspecified atom stereocenters. The smallest absolute Gasteiger partial charge is 0.239 e. The monoisotopic (exact) mass is 311 g/mol. The van der Waals surface area contributed by atoms with Crippen LogP contribution in [-0.4, -0.2) is 19.9 Å². The van der Waals surface area contributed by atoms with Gasteiger partial charge in [0.25, 0.3) is 0 Å². The molecule has 2 rings (SSSR count). The lowest BCUT2D eigenvalue weighted by Gasteiger charge is -2.06. The molecule has 0 fully saturated rings. The number of benzene rings is 1. The molecule has 0 radical (unpaired) electrons. The predicted octanol–water partition coefficient (Wildman–Crippen LogP) is 2.04. The fraction of sp³-hybridized carbons (Fsp3) is 0.154. The molecule has 0 aliphatic heterocycles. The molecule has 20 heavy (non-hydrogen) atoms. The van der Waals surface area contributed by atoms with Crippen molar-refractivity contribution in [1.29, 1.82) is 0 Å². The predicted molar refractivity (Wildman–Crippen MR) is 79.3 cm³/mol. The summed E-state index contributed by atoms with van der Waals surface area (Å²) in [6.07, 6.45) is 2.02. The van der Waals surface area contributed by atoms with E-state index in [1.807, 2.05) is 24.3 Å². The van der Waals surface area contributed by atoms with Gasteiger partial charge in [-0.3, -0.25) is 0 Å². The van der Waals surface area contributed by atoms with Crippen LogP contribution < -0.4 is 10.5 Å². The Morgan fingerprint density at radius 2 is 2.05 bits per heavy atom. The summed E-state index contributed by atoms with van der Waals surface area (Å²) in [4.78, 5) is 4.00. The third-order valence-corrected chi connectivity index (χ3v) is 3.81. The van der Waals surface area contributed by atoms with Crippen molar-refractivity contribution < 1.29 is 8.42 Å². The molecule has 0 bridgehead atoms. The quantitative estimate of drug-likeness (QED) is 0.885. The normalized spacial score (nSPS) is 11.3. The van der Waals surface area contributed by atoms with Crippen molar-refractivity contribution in [2.45, 2.75) is 11.3 Å². The van der Waals surface area contributed by atoms with Crippen molar-refractivity contribution in [3.8, 4) is 0 Å². The van der Waals surface area contributed by atoms with Gasteiger partial charge < -0.3 is 5.32 Å². The lowest BCUT2D eigenvalue weighted by atomic mass is 10.1. The molecule has 0 amide bonds. The van der Waals surface area contributed by atoms with Gasteiger partial charge in [-0.25, -0.2) is 18.5 Å². The molecule has 3 N–H and O–H groups in total. The van der Waals surface area contributed by atoms with Crippen LogP contribution in [0.1, 0.15) is 5.56 Å². The van der Waals surface area contributed by atoms with Gasteiger partial charge in [-0.15, -0.1) is 0 Å². The lowest BCUT2D eigenvalue weighted by Crippen LogP contribution is -2.13. The van der Waals surface area contributed by atoms with Crippen molar-refractivity contribution in [3.63, 3.8) is 0 Å². The minimum atomic E-state index is -3.69. The SMILES string of the molecule is NS(=O)(=O)c1ccc(NCCc2cccc(Cl)c2)nc1. The number of pyridine rings is 1. The van der Waals surface area contributed by atoms with E-state index in [2.05, 4.69) is 10.3 Å². The summed E-state index contributed by atoms with van der Waals surface area (Å²) in [7, 11) is -3.69. The Morgan fingerprint density at radius 3 is 2.65 bits per heavy atom. The minimum absolute atomic E-state index is 0.00195. The van der Waals surface area contributed by atoms with Crippen molar-refractivity contribution in [2.24, 2.45) is 5.14 Å². The van der Waals surface area contributed by atoms with Gasteiger partial charge in [-0.05, 0) is 36.2 Å². The zero-order chi connectivity index (χ0) is 14.6. The van der Waals surface area contributed by atoms with E-state index in [0.717, 1.165) is 12.0 Å². The molecule has 1 aromatic heterocycles. The number of nitrogens with two attached hydrogens (primary N) is 1. The van der Waals surface area contributed by atoms with Gasteiger partial charge in [-0.1, -0.05) is 23.7 Å². The van der Waals surface area contributed by atoms with Crippen LogP contribution in [0.25, 0.3) is 0 Å². The molecular formula is C13H14ClN3O2S. The highest BCUT2D eigenvalue weighted by Gasteiger charge is 2.07. The highest BCUT2D eigenvalue weighted by Crippen LogP contribution is 2.12. The molecule has 0 aliphatic rings. The van der Waals surface area contributed by atoms with Crippen LogP contribution in [0, 0.1) is 0 Å². The maximum Gasteiger partial charge on any atom is 0.239 e. The van der Waals surface area contributed by atoms with Crippen LogP contribution in [0.3, 0.4) is 0 Å². The van der Waals surface area contributed by atoms with Crippen molar-refractivity contribution in [1.82, 2.24) is 4.98 Å². The summed E-state index contributed by atoms with van der Waals surface area (Å²) < 4.78 is 22.2. The number of primary sulfonamides is 1. The molecule has 0 saturated heterocycles. The Balaban J connectivity index is 1.92. The van der Waals surface area contributed by atoms with E-state index in [-0.39, 0.29) is 4.90 Å². The fourth-order valence-electron chi connectivity index (χ4n) is 1.68. The fourth-order valence-corrected chi connectivity index (χ4v) is 2.35. The third-order valence-electron chi connectivity index (χ3n) is 2.67. The largest absolute Gasteiger partial charge is 0.370 e. The molecule has 0 aliphatic carbocycles. The van der Waals surface area contributed by atoms with Crippen molar-refractivity contribution in [3.05, 3.63) is 53.2 Å². The highest BCUT2D eigenvalue weighted by atomic mass is 35.5. The first-order valence-corrected chi connectivity index (χ1v) is 7.85. The van der Waals surface area contributed by atoms with Crippen LogP contribution in [0.5, 0.6) is 0 Å². The van der Waals surface area contributed by atoms with Gasteiger partial charge in [0.1, 0.15) is 10.7 Å². The van der Waals surface area contributed by atoms with E-state index in [0.29, 0.717) is 17.4 Å². The molecule has 106 valence electrons. The number of aromatic nitrogens is 1. The molecule has 0 spiro atoms. The molecule has 1 aromatic carbocycles. The van der Waals surface area contributed by atoms with Gasteiger partial charge in [0, 0.05) is 17.8 Å². The summed E-state index contributed by atoms with van der Waals surface area (Å²) in [5, 5.41) is 8.80. The van der Waals surface area contributed by atoms with E-state index in [1.54, 1.807) is 6.07 Å². The van der Waals surface area contributed by atoms with Crippen LogP contribution in [-0.2, 0) is 16.4 Å². The number of sulfonamides is 1. The molecule has 7 heteroatoms. The zero-order valence-electron chi connectivity index (χ0n) is 10.6. The maximum absolute atomic E-state index is 11.1. The number of anilines is 1. The average Bonchev–Trinajstić information content (AvgIpc) is 2.38.